The van der Waals surface area contributed by atoms with Gasteiger partial charge in [0.25, 0.3) is 0 Å². The van der Waals surface area contributed by atoms with Crippen molar-refractivity contribution in [2.45, 2.75) is 58.1 Å². The number of furan rings is 1. The number of hydrogen-bond donors (Lipinski definition) is 1. The summed E-state index contributed by atoms with van der Waals surface area (Å²) in [4.78, 5) is 0. The van der Waals surface area contributed by atoms with Crippen molar-refractivity contribution in [1.82, 2.24) is 9.78 Å². The van der Waals surface area contributed by atoms with Crippen molar-refractivity contribution in [1.29, 1.82) is 0 Å². The van der Waals surface area contributed by atoms with Crippen LogP contribution in [-0.4, -0.2) is 14.9 Å². The predicted octanol–water partition coefficient (Wildman–Crippen LogP) is 3.59. The first-order chi connectivity index (χ1) is 10.1. The molecule has 0 spiro atoms. The molecule has 3 rings (SSSR count). The second-order valence-corrected chi connectivity index (χ2v) is 6.49. The van der Waals surface area contributed by atoms with Crippen molar-refractivity contribution in [3.63, 3.8) is 0 Å². The van der Waals surface area contributed by atoms with Crippen molar-refractivity contribution in [2.24, 2.45) is 0 Å². The van der Waals surface area contributed by atoms with Crippen LogP contribution >= 0.6 is 15.9 Å². The maximum Gasteiger partial charge on any atom is 0.109 e. The second-order valence-electron chi connectivity index (χ2n) is 5.70. The molecule has 2 heterocycles. The molecule has 0 amide bonds. The Balaban J connectivity index is 2.00. The maximum atomic E-state index is 11.2. The van der Waals surface area contributed by atoms with Crippen molar-refractivity contribution < 1.29 is 9.52 Å². The molecule has 1 unspecified atom stereocenters. The van der Waals surface area contributed by atoms with E-state index in [9.17, 15) is 5.11 Å². The van der Waals surface area contributed by atoms with Gasteiger partial charge in [0.1, 0.15) is 5.76 Å². The lowest BCUT2D eigenvalue weighted by Gasteiger charge is -2.32. The SMILES string of the molecule is CCc1nn(CC)c(CC2(O)CCCc3occc32)c1Br. The van der Waals surface area contributed by atoms with Crippen molar-refractivity contribution in [2.75, 3.05) is 0 Å². The Morgan fingerprint density at radius 3 is 3.00 bits per heavy atom. The molecule has 0 radical (unpaired) electrons. The fraction of sp³-hybridized carbons (Fsp3) is 0.562. The third-order valence-electron chi connectivity index (χ3n) is 4.39. The second kappa shape index (κ2) is 5.61. The Labute approximate surface area is 133 Å². The lowest BCUT2D eigenvalue weighted by atomic mass is 9.80. The average Bonchev–Trinajstić information content (AvgIpc) is 3.06. The molecule has 21 heavy (non-hydrogen) atoms. The van der Waals surface area contributed by atoms with Gasteiger partial charge >= 0.3 is 0 Å². The molecule has 1 N–H and O–H groups in total. The molecule has 0 aliphatic heterocycles. The summed E-state index contributed by atoms with van der Waals surface area (Å²) in [7, 11) is 0. The molecular formula is C16H21BrN2O2. The quantitative estimate of drug-likeness (QED) is 0.914. The van der Waals surface area contributed by atoms with Gasteiger partial charge in [0.15, 0.2) is 0 Å². The highest BCUT2D eigenvalue weighted by atomic mass is 79.9. The van der Waals surface area contributed by atoms with Gasteiger partial charge < -0.3 is 9.52 Å². The van der Waals surface area contributed by atoms with Gasteiger partial charge in [-0.3, -0.25) is 4.68 Å². The number of aryl methyl sites for hydroxylation is 3. The molecule has 0 fully saturated rings. The first-order valence-corrected chi connectivity index (χ1v) is 8.41. The molecule has 5 heteroatoms. The number of rotatable bonds is 4. The van der Waals surface area contributed by atoms with Gasteiger partial charge in [-0.15, -0.1) is 0 Å². The van der Waals surface area contributed by atoms with E-state index in [1.807, 2.05) is 10.7 Å². The van der Waals surface area contributed by atoms with Crippen molar-refractivity contribution in [3.05, 3.63) is 39.5 Å². The Bertz CT molecular complexity index is 647. The molecule has 1 aliphatic carbocycles. The summed E-state index contributed by atoms with van der Waals surface area (Å²) >= 11 is 3.67. The third kappa shape index (κ3) is 2.46. The molecule has 0 saturated carbocycles. The molecule has 1 atom stereocenters. The largest absolute Gasteiger partial charge is 0.469 e. The first kappa shape index (κ1) is 14.9. The lowest BCUT2D eigenvalue weighted by molar-refractivity contribution is 0.0148. The number of nitrogens with zero attached hydrogens (tertiary/aromatic N) is 2. The van der Waals surface area contributed by atoms with Gasteiger partial charge in [0, 0.05) is 24.9 Å². The van der Waals surface area contributed by atoms with E-state index < -0.39 is 5.60 Å². The number of aliphatic hydroxyl groups is 1. The van der Waals surface area contributed by atoms with Gasteiger partial charge in [-0.1, -0.05) is 6.92 Å². The van der Waals surface area contributed by atoms with Crippen LogP contribution in [0.25, 0.3) is 0 Å². The minimum atomic E-state index is -0.846. The highest BCUT2D eigenvalue weighted by Gasteiger charge is 2.38. The molecule has 114 valence electrons. The van der Waals surface area contributed by atoms with Crippen LogP contribution < -0.4 is 0 Å². The fourth-order valence-corrected chi connectivity index (χ4v) is 3.98. The van der Waals surface area contributed by atoms with Crippen LogP contribution in [0.3, 0.4) is 0 Å². The summed E-state index contributed by atoms with van der Waals surface area (Å²) in [5, 5.41) is 15.8. The minimum Gasteiger partial charge on any atom is -0.469 e. The van der Waals surface area contributed by atoms with Gasteiger partial charge in [-0.2, -0.15) is 5.10 Å². The Morgan fingerprint density at radius 2 is 2.29 bits per heavy atom. The van der Waals surface area contributed by atoms with E-state index in [0.717, 1.165) is 59.4 Å². The number of aromatic nitrogens is 2. The van der Waals surface area contributed by atoms with Gasteiger partial charge in [0.05, 0.1) is 27.7 Å². The number of fused-ring (bicyclic) bond motifs is 1. The zero-order valence-corrected chi connectivity index (χ0v) is 14.1. The highest BCUT2D eigenvalue weighted by molar-refractivity contribution is 9.10. The summed E-state index contributed by atoms with van der Waals surface area (Å²) in [5.74, 6) is 0.929. The maximum absolute atomic E-state index is 11.2. The van der Waals surface area contributed by atoms with E-state index in [1.54, 1.807) is 6.26 Å². The molecule has 2 aromatic rings. The molecule has 2 aromatic heterocycles. The summed E-state index contributed by atoms with van der Waals surface area (Å²) in [6, 6.07) is 1.91. The van der Waals surface area contributed by atoms with Crippen molar-refractivity contribution >= 4 is 15.9 Å². The standard InChI is InChI=1S/C16H21BrN2O2/c1-3-12-15(17)13(19(4-2)18-12)10-16(20)8-5-6-14-11(16)7-9-21-14/h7,9,20H,3-6,8,10H2,1-2H3. The minimum absolute atomic E-state index is 0.570. The molecule has 4 nitrogen and oxygen atoms in total. The summed E-state index contributed by atoms with van der Waals surface area (Å²) < 4.78 is 8.54. The third-order valence-corrected chi connectivity index (χ3v) is 5.31. The summed E-state index contributed by atoms with van der Waals surface area (Å²) in [6.45, 7) is 4.99. The van der Waals surface area contributed by atoms with Crippen LogP contribution in [0, 0.1) is 0 Å². The van der Waals surface area contributed by atoms with E-state index in [4.69, 9.17) is 4.42 Å². The highest BCUT2D eigenvalue weighted by Crippen LogP contribution is 2.40. The smallest absolute Gasteiger partial charge is 0.109 e. The van der Waals surface area contributed by atoms with Crippen LogP contribution in [0.1, 0.15) is 49.4 Å². The van der Waals surface area contributed by atoms with Gasteiger partial charge in [-0.05, 0) is 48.2 Å². The zero-order chi connectivity index (χ0) is 15.0. The predicted molar refractivity (Wildman–Crippen MR) is 84.2 cm³/mol. The summed E-state index contributed by atoms with van der Waals surface area (Å²) in [5.41, 5.74) is 2.23. The Hall–Kier alpha value is -1.07. The first-order valence-electron chi connectivity index (χ1n) is 7.62. The zero-order valence-electron chi connectivity index (χ0n) is 12.5. The molecular weight excluding hydrogens is 332 g/mol. The van der Waals surface area contributed by atoms with E-state index in [1.165, 1.54) is 0 Å². The van der Waals surface area contributed by atoms with Crippen LogP contribution in [-0.2, 0) is 31.4 Å². The topological polar surface area (TPSA) is 51.2 Å². The van der Waals surface area contributed by atoms with E-state index in [-0.39, 0.29) is 0 Å². The number of halogens is 1. The molecule has 0 aromatic carbocycles. The number of hydrogen-bond acceptors (Lipinski definition) is 3. The van der Waals surface area contributed by atoms with Crippen LogP contribution in [0.15, 0.2) is 21.2 Å². The van der Waals surface area contributed by atoms with Crippen LogP contribution in [0.5, 0.6) is 0 Å². The van der Waals surface area contributed by atoms with E-state index >= 15 is 0 Å². The fourth-order valence-electron chi connectivity index (χ4n) is 3.27. The molecule has 1 aliphatic rings. The van der Waals surface area contributed by atoms with E-state index in [0.29, 0.717) is 6.42 Å². The van der Waals surface area contributed by atoms with Crippen LogP contribution in [0.2, 0.25) is 0 Å². The Kier molecular flexibility index (Phi) is 3.97. The Morgan fingerprint density at radius 1 is 1.48 bits per heavy atom. The van der Waals surface area contributed by atoms with Crippen LogP contribution in [0.4, 0.5) is 0 Å². The van der Waals surface area contributed by atoms with Crippen molar-refractivity contribution in [3.8, 4) is 0 Å². The average molecular weight is 353 g/mol. The molecule has 0 bridgehead atoms. The summed E-state index contributed by atoms with van der Waals surface area (Å²) in [6.07, 6.45) is 5.78. The molecule has 0 saturated heterocycles. The van der Waals surface area contributed by atoms with Gasteiger partial charge in [0.2, 0.25) is 0 Å². The van der Waals surface area contributed by atoms with Gasteiger partial charge in [-0.25, -0.2) is 0 Å². The monoisotopic (exact) mass is 352 g/mol. The normalized spacial score (nSPS) is 21.5. The lowest BCUT2D eigenvalue weighted by Crippen LogP contribution is -2.33. The van der Waals surface area contributed by atoms with E-state index in [2.05, 4.69) is 34.9 Å².